The van der Waals surface area contributed by atoms with Gasteiger partial charge in [-0.1, -0.05) is 41.9 Å². The fourth-order valence-electron chi connectivity index (χ4n) is 2.07. The maximum atomic E-state index is 12.1. The van der Waals surface area contributed by atoms with Crippen LogP contribution in [-0.2, 0) is 0 Å². The Balaban J connectivity index is 1.78. The van der Waals surface area contributed by atoms with Crippen LogP contribution in [0.15, 0.2) is 73.1 Å². The normalized spacial score (nSPS) is 11.0. The molecule has 108 valence electrons. The summed E-state index contributed by atoms with van der Waals surface area (Å²) in [6.45, 7) is 0. The SMILES string of the molecule is O=C(C=Cc1cnn(-c2ccccc2)c1)c1ccccc1Cl. The molecule has 2 aromatic carbocycles. The molecular weight excluding hydrogens is 296 g/mol. The average molecular weight is 309 g/mol. The lowest BCUT2D eigenvalue weighted by atomic mass is 10.1. The van der Waals surface area contributed by atoms with Crippen LogP contribution in [0.3, 0.4) is 0 Å². The number of carbonyl (C=O) groups excluding carboxylic acids is 1. The minimum atomic E-state index is -0.127. The highest BCUT2D eigenvalue weighted by Crippen LogP contribution is 2.16. The first-order valence-corrected chi connectivity index (χ1v) is 7.19. The van der Waals surface area contributed by atoms with Gasteiger partial charge in [-0.3, -0.25) is 4.79 Å². The molecule has 4 heteroatoms. The van der Waals surface area contributed by atoms with Gasteiger partial charge in [0.05, 0.1) is 16.9 Å². The van der Waals surface area contributed by atoms with Crippen molar-refractivity contribution in [3.63, 3.8) is 0 Å². The van der Waals surface area contributed by atoms with Crippen molar-refractivity contribution in [1.82, 2.24) is 9.78 Å². The summed E-state index contributed by atoms with van der Waals surface area (Å²) in [7, 11) is 0. The standard InChI is InChI=1S/C18H13ClN2O/c19-17-9-5-4-8-16(17)18(22)11-10-14-12-20-21(13-14)15-6-2-1-3-7-15/h1-13H. The predicted octanol–water partition coefficient (Wildman–Crippen LogP) is 4.42. The van der Waals surface area contributed by atoms with E-state index in [1.165, 1.54) is 6.08 Å². The van der Waals surface area contributed by atoms with Crippen molar-refractivity contribution < 1.29 is 4.79 Å². The lowest BCUT2D eigenvalue weighted by Crippen LogP contribution is -1.94. The molecular formula is C18H13ClN2O. The van der Waals surface area contributed by atoms with Crippen molar-refractivity contribution in [3.05, 3.63) is 89.2 Å². The van der Waals surface area contributed by atoms with E-state index in [0.717, 1.165) is 11.3 Å². The lowest BCUT2D eigenvalue weighted by molar-refractivity contribution is 0.104. The summed E-state index contributed by atoms with van der Waals surface area (Å²) in [5, 5.41) is 4.74. The summed E-state index contributed by atoms with van der Waals surface area (Å²) in [6.07, 6.45) is 6.82. The molecule has 0 saturated carbocycles. The van der Waals surface area contributed by atoms with Crippen molar-refractivity contribution in [2.75, 3.05) is 0 Å². The van der Waals surface area contributed by atoms with Gasteiger partial charge in [-0.05, 0) is 36.4 Å². The summed E-state index contributed by atoms with van der Waals surface area (Å²) in [5.74, 6) is -0.127. The number of aromatic nitrogens is 2. The fourth-order valence-corrected chi connectivity index (χ4v) is 2.30. The second-order valence-electron chi connectivity index (χ2n) is 4.73. The molecule has 3 nitrogen and oxygen atoms in total. The van der Waals surface area contributed by atoms with Crippen molar-refractivity contribution in [2.45, 2.75) is 0 Å². The van der Waals surface area contributed by atoms with Gasteiger partial charge in [0.15, 0.2) is 5.78 Å². The van der Waals surface area contributed by atoms with Crippen LogP contribution in [0.25, 0.3) is 11.8 Å². The summed E-state index contributed by atoms with van der Waals surface area (Å²) in [4.78, 5) is 12.1. The number of halogens is 1. The van der Waals surface area contributed by atoms with Gasteiger partial charge in [-0.15, -0.1) is 0 Å². The van der Waals surface area contributed by atoms with E-state index < -0.39 is 0 Å². The lowest BCUT2D eigenvalue weighted by Gasteiger charge is -1.98. The quantitative estimate of drug-likeness (QED) is 0.528. The number of carbonyl (C=O) groups is 1. The summed E-state index contributed by atoms with van der Waals surface area (Å²) < 4.78 is 1.76. The third-order valence-corrected chi connectivity index (χ3v) is 3.52. The zero-order valence-corrected chi connectivity index (χ0v) is 12.4. The molecule has 0 unspecified atom stereocenters. The van der Waals surface area contributed by atoms with Gasteiger partial charge in [0.1, 0.15) is 0 Å². The van der Waals surface area contributed by atoms with E-state index in [9.17, 15) is 4.79 Å². The van der Waals surface area contributed by atoms with Gasteiger partial charge in [0, 0.05) is 17.3 Å². The number of ketones is 1. The Labute approximate surface area is 133 Å². The Morgan fingerprint density at radius 3 is 2.55 bits per heavy atom. The van der Waals surface area contributed by atoms with E-state index in [0.29, 0.717) is 10.6 Å². The average Bonchev–Trinajstić information content (AvgIpc) is 3.03. The first-order valence-electron chi connectivity index (χ1n) is 6.81. The number of para-hydroxylation sites is 1. The molecule has 0 N–H and O–H groups in total. The van der Waals surface area contributed by atoms with E-state index >= 15 is 0 Å². The van der Waals surface area contributed by atoms with Gasteiger partial charge >= 0.3 is 0 Å². The van der Waals surface area contributed by atoms with Crippen molar-refractivity contribution in [3.8, 4) is 5.69 Å². The van der Waals surface area contributed by atoms with Crippen molar-refractivity contribution >= 4 is 23.5 Å². The number of hydrogen-bond donors (Lipinski definition) is 0. The molecule has 3 rings (SSSR count). The first-order chi connectivity index (χ1) is 10.7. The molecule has 0 aliphatic rings. The first kappa shape index (κ1) is 14.3. The summed E-state index contributed by atoms with van der Waals surface area (Å²) in [6, 6.07) is 16.8. The van der Waals surface area contributed by atoms with Crippen LogP contribution in [0.4, 0.5) is 0 Å². The topological polar surface area (TPSA) is 34.9 Å². The van der Waals surface area contributed by atoms with Crippen LogP contribution in [0, 0.1) is 0 Å². The van der Waals surface area contributed by atoms with Crippen LogP contribution in [0.1, 0.15) is 15.9 Å². The molecule has 0 radical (unpaired) electrons. The number of rotatable bonds is 4. The molecule has 0 spiro atoms. The van der Waals surface area contributed by atoms with Crippen LogP contribution < -0.4 is 0 Å². The number of benzene rings is 2. The molecule has 1 aromatic heterocycles. The van der Waals surface area contributed by atoms with E-state index in [1.807, 2.05) is 36.5 Å². The molecule has 0 aliphatic carbocycles. The molecule has 0 amide bonds. The molecule has 3 aromatic rings. The molecule has 0 bridgehead atoms. The molecule has 0 aliphatic heterocycles. The Kier molecular flexibility index (Phi) is 4.17. The van der Waals surface area contributed by atoms with Gasteiger partial charge < -0.3 is 0 Å². The van der Waals surface area contributed by atoms with Crippen molar-refractivity contribution in [1.29, 1.82) is 0 Å². The highest BCUT2D eigenvalue weighted by atomic mass is 35.5. The maximum Gasteiger partial charge on any atom is 0.187 e. The predicted molar refractivity (Wildman–Crippen MR) is 88.4 cm³/mol. The minimum absolute atomic E-state index is 0.127. The van der Waals surface area contributed by atoms with Gasteiger partial charge in [-0.2, -0.15) is 5.10 Å². The van der Waals surface area contributed by atoms with E-state index in [-0.39, 0.29) is 5.78 Å². The zero-order valence-electron chi connectivity index (χ0n) is 11.7. The van der Waals surface area contributed by atoms with Gasteiger partial charge in [-0.25, -0.2) is 4.68 Å². The smallest absolute Gasteiger partial charge is 0.187 e. The van der Waals surface area contributed by atoms with Crippen LogP contribution in [0.2, 0.25) is 5.02 Å². The molecule has 22 heavy (non-hydrogen) atoms. The third kappa shape index (κ3) is 3.15. The van der Waals surface area contributed by atoms with E-state index in [1.54, 1.807) is 41.2 Å². The maximum absolute atomic E-state index is 12.1. The molecule has 1 heterocycles. The molecule has 0 saturated heterocycles. The Morgan fingerprint density at radius 1 is 1.05 bits per heavy atom. The third-order valence-electron chi connectivity index (χ3n) is 3.19. The van der Waals surface area contributed by atoms with Gasteiger partial charge in [0.2, 0.25) is 0 Å². The van der Waals surface area contributed by atoms with Crippen LogP contribution >= 0.6 is 11.6 Å². The zero-order chi connectivity index (χ0) is 15.4. The highest BCUT2D eigenvalue weighted by molar-refractivity contribution is 6.34. The van der Waals surface area contributed by atoms with Crippen molar-refractivity contribution in [2.24, 2.45) is 0 Å². The van der Waals surface area contributed by atoms with Crippen LogP contribution in [-0.4, -0.2) is 15.6 Å². The number of hydrogen-bond acceptors (Lipinski definition) is 2. The second kappa shape index (κ2) is 6.41. The fraction of sp³-hybridized carbons (Fsp3) is 0. The molecule has 0 atom stereocenters. The Bertz CT molecular complexity index is 822. The highest BCUT2D eigenvalue weighted by Gasteiger charge is 2.06. The minimum Gasteiger partial charge on any atom is -0.289 e. The molecule has 0 fully saturated rings. The Morgan fingerprint density at radius 2 is 1.77 bits per heavy atom. The summed E-state index contributed by atoms with van der Waals surface area (Å²) >= 11 is 6.01. The second-order valence-corrected chi connectivity index (χ2v) is 5.14. The summed E-state index contributed by atoms with van der Waals surface area (Å²) in [5.41, 5.74) is 2.32. The largest absolute Gasteiger partial charge is 0.289 e. The van der Waals surface area contributed by atoms with E-state index in [2.05, 4.69) is 5.10 Å². The Hall–Kier alpha value is -2.65. The van der Waals surface area contributed by atoms with E-state index in [4.69, 9.17) is 11.6 Å². The van der Waals surface area contributed by atoms with Gasteiger partial charge in [0.25, 0.3) is 0 Å². The monoisotopic (exact) mass is 308 g/mol. The van der Waals surface area contributed by atoms with Crippen LogP contribution in [0.5, 0.6) is 0 Å². The number of nitrogens with zero attached hydrogens (tertiary/aromatic N) is 2. The number of allylic oxidation sites excluding steroid dienone is 1.